The van der Waals surface area contributed by atoms with E-state index in [0.29, 0.717) is 25.6 Å². The number of carboxylic acid groups (broad SMARTS) is 1. The van der Waals surface area contributed by atoms with E-state index in [-0.39, 0.29) is 6.03 Å². The number of piperazine rings is 1. The van der Waals surface area contributed by atoms with Gasteiger partial charge in [-0.2, -0.15) is 0 Å². The van der Waals surface area contributed by atoms with E-state index in [0.717, 1.165) is 13.1 Å². The number of carbonyl (C=O) groups excluding carboxylic acids is 1. The molecule has 1 saturated carbocycles. The molecule has 21 heavy (non-hydrogen) atoms. The van der Waals surface area contributed by atoms with Gasteiger partial charge in [-0.25, -0.2) is 9.59 Å². The molecule has 0 aromatic heterocycles. The predicted molar refractivity (Wildman–Crippen MR) is 80.3 cm³/mol. The van der Waals surface area contributed by atoms with Crippen LogP contribution in [0.1, 0.15) is 46.0 Å². The molecule has 120 valence electrons. The lowest BCUT2D eigenvalue weighted by Crippen LogP contribution is -2.59. The first-order valence-electron chi connectivity index (χ1n) is 8.01. The topological polar surface area (TPSA) is 72.9 Å². The lowest BCUT2D eigenvalue weighted by molar-refractivity contribution is -0.143. The summed E-state index contributed by atoms with van der Waals surface area (Å²) in [6.45, 7) is 6.49. The third kappa shape index (κ3) is 3.67. The van der Waals surface area contributed by atoms with Crippen LogP contribution in [-0.4, -0.2) is 64.7 Å². The van der Waals surface area contributed by atoms with Gasteiger partial charge in [0.25, 0.3) is 0 Å². The van der Waals surface area contributed by atoms with Gasteiger partial charge >= 0.3 is 12.0 Å². The van der Waals surface area contributed by atoms with Crippen LogP contribution in [0.25, 0.3) is 0 Å². The smallest absolute Gasteiger partial charge is 0.329 e. The maximum atomic E-state index is 12.2. The predicted octanol–water partition coefficient (Wildman–Crippen LogP) is 1.51. The van der Waals surface area contributed by atoms with Gasteiger partial charge in [0.1, 0.15) is 5.54 Å². The minimum Gasteiger partial charge on any atom is -0.480 e. The number of rotatable bonds is 4. The van der Waals surface area contributed by atoms with Crippen molar-refractivity contribution in [2.45, 2.75) is 57.5 Å². The highest BCUT2D eigenvalue weighted by Crippen LogP contribution is 2.24. The minimum atomic E-state index is -1.18. The summed E-state index contributed by atoms with van der Waals surface area (Å²) in [5.41, 5.74) is -1.18. The Labute approximate surface area is 126 Å². The number of hydrogen-bond acceptors (Lipinski definition) is 3. The molecule has 0 radical (unpaired) electrons. The van der Waals surface area contributed by atoms with E-state index in [2.05, 4.69) is 10.2 Å². The standard InChI is InChI=1S/C15H27N3O3/c1-3-15(2,13(19)20)16-14(21)18-10-8-17(9-11-18)12-6-4-5-7-12/h12H,3-11H2,1-2H3,(H,16,21)(H,19,20). The largest absolute Gasteiger partial charge is 0.480 e. The van der Waals surface area contributed by atoms with E-state index < -0.39 is 11.5 Å². The van der Waals surface area contributed by atoms with Gasteiger partial charge in [0.05, 0.1) is 0 Å². The summed E-state index contributed by atoms with van der Waals surface area (Å²) >= 11 is 0. The van der Waals surface area contributed by atoms with Gasteiger partial charge in [0, 0.05) is 32.2 Å². The third-order valence-corrected chi connectivity index (χ3v) is 5.00. The quantitative estimate of drug-likeness (QED) is 0.825. The molecule has 0 bridgehead atoms. The van der Waals surface area contributed by atoms with Gasteiger partial charge < -0.3 is 15.3 Å². The van der Waals surface area contributed by atoms with Gasteiger partial charge in [0.2, 0.25) is 0 Å². The van der Waals surface area contributed by atoms with Crippen LogP contribution in [0.4, 0.5) is 4.79 Å². The van der Waals surface area contributed by atoms with Crippen molar-refractivity contribution in [1.82, 2.24) is 15.1 Å². The number of hydrogen-bond donors (Lipinski definition) is 2. The molecule has 1 aliphatic carbocycles. The molecule has 1 atom stereocenters. The molecule has 2 fully saturated rings. The summed E-state index contributed by atoms with van der Waals surface area (Å²) < 4.78 is 0. The SMILES string of the molecule is CCC(C)(NC(=O)N1CCN(C2CCCC2)CC1)C(=O)O. The Morgan fingerprint density at radius 1 is 1.19 bits per heavy atom. The fraction of sp³-hybridized carbons (Fsp3) is 0.867. The average molecular weight is 297 g/mol. The van der Waals surface area contributed by atoms with Gasteiger partial charge in [-0.3, -0.25) is 4.90 Å². The first-order chi connectivity index (χ1) is 9.96. The van der Waals surface area contributed by atoms with Crippen molar-refractivity contribution in [2.24, 2.45) is 0 Å². The van der Waals surface area contributed by atoms with Gasteiger partial charge in [-0.05, 0) is 26.2 Å². The van der Waals surface area contributed by atoms with Crippen LogP contribution in [0.2, 0.25) is 0 Å². The highest BCUT2D eigenvalue weighted by atomic mass is 16.4. The Kier molecular flexibility index (Phi) is 5.08. The maximum absolute atomic E-state index is 12.2. The summed E-state index contributed by atoms with van der Waals surface area (Å²) in [6.07, 6.45) is 5.56. The second-order valence-corrected chi connectivity index (χ2v) is 6.38. The van der Waals surface area contributed by atoms with Crippen molar-refractivity contribution in [2.75, 3.05) is 26.2 Å². The molecule has 2 amide bonds. The molecule has 2 aliphatic rings. The van der Waals surface area contributed by atoms with Gasteiger partial charge in [0.15, 0.2) is 0 Å². The number of amides is 2. The zero-order chi connectivity index (χ0) is 15.5. The summed E-state index contributed by atoms with van der Waals surface area (Å²) in [4.78, 5) is 27.7. The van der Waals surface area contributed by atoms with Crippen LogP contribution in [0.3, 0.4) is 0 Å². The molecule has 0 aromatic carbocycles. The zero-order valence-corrected chi connectivity index (χ0v) is 13.1. The van der Waals surface area contributed by atoms with E-state index >= 15 is 0 Å². The Morgan fingerprint density at radius 2 is 1.76 bits per heavy atom. The molecule has 0 spiro atoms. The van der Waals surface area contributed by atoms with E-state index in [9.17, 15) is 14.7 Å². The van der Waals surface area contributed by atoms with Crippen molar-refractivity contribution in [1.29, 1.82) is 0 Å². The van der Waals surface area contributed by atoms with Crippen LogP contribution < -0.4 is 5.32 Å². The number of urea groups is 1. The maximum Gasteiger partial charge on any atom is 0.329 e. The Balaban J connectivity index is 1.84. The fourth-order valence-electron chi connectivity index (χ4n) is 3.17. The molecule has 6 nitrogen and oxygen atoms in total. The van der Waals surface area contributed by atoms with E-state index in [4.69, 9.17) is 0 Å². The zero-order valence-electron chi connectivity index (χ0n) is 13.1. The minimum absolute atomic E-state index is 0.257. The molecule has 0 aromatic rings. The second kappa shape index (κ2) is 6.64. The number of carbonyl (C=O) groups is 2. The monoisotopic (exact) mass is 297 g/mol. The van der Waals surface area contributed by atoms with E-state index in [1.807, 2.05) is 0 Å². The van der Waals surface area contributed by atoms with E-state index in [1.54, 1.807) is 18.7 Å². The highest BCUT2D eigenvalue weighted by Gasteiger charge is 2.35. The molecular weight excluding hydrogens is 270 g/mol. The van der Waals surface area contributed by atoms with Crippen molar-refractivity contribution in [3.63, 3.8) is 0 Å². The van der Waals surface area contributed by atoms with Gasteiger partial charge in [-0.1, -0.05) is 19.8 Å². The number of carboxylic acids is 1. The number of nitrogens with zero attached hydrogens (tertiary/aromatic N) is 2. The van der Waals surface area contributed by atoms with E-state index in [1.165, 1.54) is 25.7 Å². The molecule has 6 heteroatoms. The lowest BCUT2D eigenvalue weighted by Gasteiger charge is -2.39. The Bertz CT molecular complexity index is 388. The first-order valence-corrected chi connectivity index (χ1v) is 8.01. The molecule has 1 saturated heterocycles. The fourth-order valence-corrected chi connectivity index (χ4v) is 3.17. The summed E-state index contributed by atoms with van der Waals surface area (Å²) in [5.74, 6) is -0.983. The average Bonchev–Trinajstić information content (AvgIpc) is 3.01. The Hall–Kier alpha value is -1.30. The van der Waals surface area contributed by atoms with Crippen molar-refractivity contribution in [3.05, 3.63) is 0 Å². The van der Waals surface area contributed by atoms with Crippen molar-refractivity contribution in [3.8, 4) is 0 Å². The van der Waals surface area contributed by atoms with Crippen LogP contribution in [0.5, 0.6) is 0 Å². The number of aliphatic carboxylic acids is 1. The van der Waals surface area contributed by atoms with Gasteiger partial charge in [-0.15, -0.1) is 0 Å². The molecule has 2 rings (SSSR count). The van der Waals surface area contributed by atoms with Crippen LogP contribution in [0, 0.1) is 0 Å². The lowest BCUT2D eigenvalue weighted by atomic mass is 10.00. The van der Waals surface area contributed by atoms with Crippen LogP contribution >= 0.6 is 0 Å². The van der Waals surface area contributed by atoms with Crippen molar-refractivity contribution >= 4 is 12.0 Å². The molecule has 1 unspecified atom stereocenters. The molecule has 1 heterocycles. The number of nitrogens with one attached hydrogen (secondary N) is 1. The molecule has 2 N–H and O–H groups in total. The summed E-state index contributed by atoms with van der Waals surface area (Å²) in [6, 6.07) is 0.433. The van der Waals surface area contributed by atoms with Crippen molar-refractivity contribution < 1.29 is 14.7 Å². The normalized spacial score (nSPS) is 23.8. The molecular formula is C15H27N3O3. The second-order valence-electron chi connectivity index (χ2n) is 6.38. The molecule has 1 aliphatic heterocycles. The summed E-state index contributed by atoms with van der Waals surface area (Å²) in [5, 5.41) is 11.9. The highest BCUT2D eigenvalue weighted by molar-refractivity contribution is 5.85. The first kappa shape index (κ1) is 16.1. The third-order valence-electron chi connectivity index (χ3n) is 5.00. The van der Waals surface area contributed by atoms with Crippen LogP contribution in [-0.2, 0) is 4.79 Å². The summed E-state index contributed by atoms with van der Waals surface area (Å²) in [7, 11) is 0. The van der Waals surface area contributed by atoms with Crippen LogP contribution in [0.15, 0.2) is 0 Å². The Morgan fingerprint density at radius 3 is 2.24 bits per heavy atom.